The van der Waals surface area contributed by atoms with E-state index in [1.165, 1.54) is 18.5 Å². The summed E-state index contributed by atoms with van der Waals surface area (Å²) in [5, 5.41) is 5.69. The number of thiazole rings is 1. The fourth-order valence-electron chi connectivity index (χ4n) is 2.44. The van der Waals surface area contributed by atoms with Gasteiger partial charge in [-0.2, -0.15) is 0 Å². The monoisotopic (exact) mass is 308 g/mol. The lowest BCUT2D eigenvalue weighted by molar-refractivity contribution is 0.420. The number of imidazole rings is 1. The van der Waals surface area contributed by atoms with E-state index in [1.807, 2.05) is 0 Å². The van der Waals surface area contributed by atoms with E-state index in [4.69, 9.17) is 4.98 Å². The van der Waals surface area contributed by atoms with Crippen molar-refractivity contribution in [1.29, 1.82) is 0 Å². The summed E-state index contributed by atoms with van der Waals surface area (Å²) in [6.45, 7) is 11.9. The average Bonchev–Trinajstić information content (AvgIpc) is 2.95. The van der Waals surface area contributed by atoms with Crippen LogP contribution in [0.2, 0.25) is 0 Å². The van der Waals surface area contributed by atoms with Crippen LogP contribution in [0.1, 0.15) is 53.2 Å². The molecule has 0 spiro atoms. The number of rotatable bonds is 6. The van der Waals surface area contributed by atoms with Gasteiger partial charge in [-0.1, -0.05) is 13.3 Å². The zero-order chi connectivity index (χ0) is 15.6. The Hall–Kier alpha value is -1.07. The molecule has 1 unspecified atom stereocenters. The molecule has 0 saturated heterocycles. The number of nitrogens with one attached hydrogen (secondary N) is 1. The van der Waals surface area contributed by atoms with Crippen LogP contribution in [0, 0.1) is 0 Å². The van der Waals surface area contributed by atoms with E-state index < -0.39 is 0 Å². The van der Waals surface area contributed by atoms with Crippen molar-refractivity contribution in [2.75, 3.05) is 11.9 Å². The van der Waals surface area contributed by atoms with E-state index in [-0.39, 0.29) is 5.54 Å². The Labute approximate surface area is 132 Å². The topological polar surface area (TPSA) is 32.6 Å². The lowest BCUT2D eigenvalue weighted by Crippen LogP contribution is -2.36. The molecule has 0 aromatic carbocycles. The fraction of sp³-hybridized carbons (Fsp3) is 0.688. The third-order valence-corrected chi connectivity index (χ3v) is 4.58. The van der Waals surface area contributed by atoms with Crippen molar-refractivity contribution < 1.29 is 0 Å². The molecule has 0 aliphatic carbocycles. The van der Waals surface area contributed by atoms with Crippen LogP contribution in [0.15, 0.2) is 11.6 Å². The second-order valence-electron chi connectivity index (χ2n) is 6.79. The van der Waals surface area contributed by atoms with Gasteiger partial charge in [0.2, 0.25) is 0 Å². The molecule has 1 N–H and O–H groups in total. The van der Waals surface area contributed by atoms with E-state index in [2.05, 4.69) is 67.9 Å². The molecule has 118 valence electrons. The number of fused-ring (bicyclic) bond motifs is 1. The summed E-state index contributed by atoms with van der Waals surface area (Å²) in [6, 6.07) is 0.507. The predicted molar refractivity (Wildman–Crippen MR) is 92.4 cm³/mol. The maximum absolute atomic E-state index is 4.84. The van der Waals surface area contributed by atoms with Crippen molar-refractivity contribution >= 4 is 22.1 Å². The molecule has 2 aromatic rings. The summed E-state index contributed by atoms with van der Waals surface area (Å²) in [7, 11) is 2.16. The molecule has 0 radical (unpaired) electrons. The fourth-order valence-corrected chi connectivity index (χ4v) is 3.16. The highest BCUT2D eigenvalue weighted by Gasteiger charge is 2.21. The van der Waals surface area contributed by atoms with E-state index in [1.54, 1.807) is 11.3 Å². The van der Waals surface area contributed by atoms with E-state index >= 15 is 0 Å². The van der Waals surface area contributed by atoms with E-state index in [0.29, 0.717) is 6.04 Å². The minimum Gasteiger partial charge on any atom is -0.355 e. The Morgan fingerprint density at radius 3 is 2.76 bits per heavy atom. The van der Waals surface area contributed by atoms with Gasteiger partial charge in [-0.05, 0) is 34.1 Å². The van der Waals surface area contributed by atoms with Crippen LogP contribution in [-0.2, 0) is 6.54 Å². The number of aromatic nitrogens is 2. The second kappa shape index (κ2) is 6.36. The molecule has 0 amide bonds. The maximum atomic E-state index is 4.84. The Morgan fingerprint density at radius 2 is 2.14 bits per heavy atom. The molecule has 0 saturated carbocycles. The lowest BCUT2D eigenvalue weighted by Gasteiger charge is -2.27. The number of nitrogens with zero attached hydrogens (tertiary/aromatic N) is 3. The first-order chi connectivity index (χ1) is 9.83. The smallest absolute Gasteiger partial charge is 0.195 e. The average molecular weight is 308 g/mol. The zero-order valence-electron chi connectivity index (χ0n) is 14.1. The van der Waals surface area contributed by atoms with Gasteiger partial charge in [0.1, 0.15) is 0 Å². The van der Waals surface area contributed by atoms with E-state index in [9.17, 15) is 0 Å². The van der Waals surface area contributed by atoms with Gasteiger partial charge >= 0.3 is 0 Å². The van der Waals surface area contributed by atoms with Gasteiger partial charge in [-0.25, -0.2) is 4.98 Å². The van der Waals surface area contributed by atoms with Crippen molar-refractivity contribution in [2.24, 2.45) is 0 Å². The van der Waals surface area contributed by atoms with Gasteiger partial charge in [0.15, 0.2) is 10.8 Å². The van der Waals surface area contributed by atoms with Gasteiger partial charge in [-0.3, -0.25) is 4.40 Å². The molecule has 4 nitrogen and oxygen atoms in total. The van der Waals surface area contributed by atoms with Gasteiger partial charge in [0.05, 0.1) is 5.69 Å². The maximum Gasteiger partial charge on any atom is 0.195 e. The largest absolute Gasteiger partial charge is 0.355 e. The first-order valence-electron chi connectivity index (χ1n) is 7.75. The zero-order valence-corrected chi connectivity index (χ0v) is 14.9. The SMILES string of the molecule is CCCC(C)N(C)c1nc2sccn2c1CNC(C)(C)C. The van der Waals surface area contributed by atoms with Crippen molar-refractivity contribution in [2.45, 2.75) is 65.6 Å². The molecule has 2 aromatic heterocycles. The normalized spacial score (nSPS) is 13.8. The molecule has 0 bridgehead atoms. The summed E-state index contributed by atoms with van der Waals surface area (Å²) >= 11 is 1.70. The highest BCUT2D eigenvalue weighted by atomic mass is 32.1. The molecule has 5 heteroatoms. The van der Waals surface area contributed by atoms with Gasteiger partial charge < -0.3 is 10.2 Å². The first-order valence-corrected chi connectivity index (χ1v) is 8.63. The lowest BCUT2D eigenvalue weighted by atomic mass is 10.1. The van der Waals surface area contributed by atoms with Gasteiger partial charge in [0, 0.05) is 36.8 Å². The summed E-state index contributed by atoms with van der Waals surface area (Å²) in [4.78, 5) is 8.24. The standard InChI is InChI=1S/C16H28N4S/c1-7-8-12(2)19(6)14-13(11-17-16(3,4)5)20-9-10-21-15(20)18-14/h9-10,12,17H,7-8,11H2,1-6H3. The summed E-state index contributed by atoms with van der Waals surface area (Å²) in [6.07, 6.45) is 4.51. The van der Waals surface area contributed by atoms with Crippen LogP contribution < -0.4 is 10.2 Å². The Bertz CT molecular complexity index is 579. The minimum absolute atomic E-state index is 0.102. The van der Waals surface area contributed by atoms with Crippen LogP contribution in [0.25, 0.3) is 4.96 Å². The van der Waals surface area contributed by atoms with Crippen LogP contribution in [-0.4, -0.2) is 28.0 Å². The Morgan fingerprint density at radius 1 is 1.43 bits per heavy atom. The first kappa shape index (κ1) is 16.3. The highest BCUT2D eigenvalue weighted by Crippen LogP contribution is 2.26. The number of hydrogen-bond acceptors (Lipinski definition) is 4. The van der Waals surface area contributed by atoms with Crippen molar-refractivity contribution in [3.63, 3.8) is 0 Å². The van der Waals surface area contributed by atoms with Crippen molar-refractivity contribution in [3.05, 3.63) is 17.3 Å². The second-order valence-corrected chi connectivity index (χ2v) is 7.66. The summed E-state index contributed by atoms with van der Waals surface area (Å²) in [5.74, 6) is 1.11. The molecule has 0 aliphatic rings. The van der Waals surface area contributed by atoms with Crippen LogP contribution in [0.4, 0.5) is 5.82 Å². The van der Waals surface area contributed by atoms with Crippen molar-refractivity contribution in [3.8, 4) is 0 Å². The highest BCUT2D eigenvalue weighted by molar-refractivity contribution is 7.15. The Balaban J connectivity index is 2.31. The third-order valence-electron chi connectivity index (χ3n) is 3.83. The number of anilines is 1. The van der Waals surface area contributed by atoms with Gasteiger partial charge in [-0.15, -0.1) is 11.3 Å². The van der Waals surface area contributed by atoms with Crippen LogP contribution in [0.3, 0.4) is 0 Å². The molecule has 0 aliphatic heterocycles. The summed E-state index contributed by atoms with van der Waals surface area (Å²) in [5.41, 5.74) is 1.36. The quantitative estimate of drug-likeness (QED) is 0.878. The third kappa shape index (κ3) is 3.77. The van der Waals surface area contributed by atoms with Crippen LogP contribution in [0.5, 0.6) is 0 Å². The molecular formula is C16H28N4S. The van der Waals surface area contributed by atoms with Gasteiger partial charge in [0.25, 0.3) is 0 Å². The number of hydrogen-bond donors (Lipinski definition) is 1. The van der Waals surface area contributed by atoms with E-state index in [0.717, 1.165) is 17.3 Å². The van der Waals surface area contributed by atoms with Crippen molar-refractivity contribution in [1.82, 2.24) is 14.7 Å². The van der Waals surface area contributed by atoms with Crippen LogP contribution >= 0.6 is 11.3 Å². The Kier molecular flexibility index (Phi) is 4.94. The molecule has 21 heavy (non-hydrogen) atoms. The molecular weight excluding hydrogens is 280 g/mol. The molecule has 2 rings (SSSR count). The minimum atomic E-state index is 0.102. The predicted octanol–water partition coefficient (Wildman–Crippen LogP) is 3.91. The molecule has 2 heterocycles. The molecule has 0 fully saturated rings. The molecule has 1 atom stereocenters. The summed E-state index contributed by atoms with van der Waals surface area (Å²) < 4.78 is 2.22.